The first-order chi connectivity index (χ1) is 7.19. The van der Waals surface area contributed by atoms with E-state index in [1.807, 2.05) is 7.05 Å². The topological polar surface area (TPSA) is 18.5 Å². The van der Waals surface area contributed by atoms with Crippen LogP contribution in [0.25, 0.3) is 0 Å². The van der Waals surface area contributed by atoms with Crippen LogP contribution in [-0.2, 0) is 0 Å². The van der Waals surface area contributed by atoms with Crippen LogP contribution in [0, 0.1) is 0 Å². The van der Waals surface area contributed by atoms with Crippen molar-refractivity contribution in [2.75, 3.05) is 39.8 Å². The third-order valence-electron chi connectivity index (χ3n) is 3.64. The summed E-state index contributed by atoms with van der Waals surface area (Å²) in [4.78, 5) is 5.20. The first-order valence-corrected chi connectivity index (χ1v) is 6.31. The van der Waals surface area contributed by atoms with Gasteiger partial charge in [0.05, 0.1) is 0 Å². The lowest BCUT2D eigenvalue weighted by Gasteiger charge is -2.42. The molecule has 0 aromatic carbocycles. The predicted molar refractivity (Wildman–Crippen MR) is 66.3 cm³/mol. The molecule has 0 spiro atoms. The van der Waals surface area contributed by atoms with E-state index >= 15 is 0 Å². The minimum absolute atomic E-state index is 0.721. The molecular formula is C12H27N3. The molecule has 0 aromatic rings. The van der Waals surface area contributed by atoms with Gasteiger partial charge in [-0.2, -0.15) is 0 Å². The molecule has 1 N–H and O–H groups in total. The maximum Gasteiger partial charge on any atom is 0.0195 e. The van der Waals surface area contributed by atoms with Crippen molar-refractivity contribution in [3.8, 4) is 0 Å². The van der Waals surface area contributed by atoms with Crippen molar-refractivity contribution in [2.24, 2.45) is 0 Å². The molecule has 1 saturated heterocycles. The van der Waals surface area contributed by atoms with E-state index in [1.54, 1.807) is 0 Å². The van der Waals surface area contributed by atoms with E-state index in [1.165, 1.54) is 32.6 Å². The number of piperazine rings is 1. The second-order valence-corrected chi connectivity index (χ2v) is 4.71. The molecule has 0 aromatic heterocycles. The van der Waals surface area contributed by atoms with E-state index in [-0.39, 0.29) is 0 Å². The maximum atomic E-state index is 3.23. The lowest BCUT2D eigenvalue weighted by atomic mass is 10.1. The molecule has 1 aliphatic heterocycles. The van der Waals surface area contributed by atoms with Crippen LogP contribution >= 0.6 is 0 Å². The van der Waals surface area contributed by atoms with Gasteiger partial charge in [0.1, 0.15) is 0 Å². The lowest BCUT2D eigenvalue weighted by Crippen LogP contribution is -2.54. The quantitative estimate of drug-likeness (QED) is 0.735. The summed E-state index contributed by atoms with van der Waals surface area (Å²) in [5, 5.41) is 3.23. The zero-order chi connectivity index (χ0) is 11.3. The molecule has 3 nitrogen and oxygen atoms in total. The van der Waals surface area contributed by atoms with Crippen LogP contribution in [0.2, 0.25) is 0 Å². The highest BCUT2D eigenvalue weighted by atomic mass is 15.3. The molecular weight excluding hydrogens is 186 g/mol. The van der Waals surface area contributed by atoms with E-state index in [9.17, 15) is 0 Å². The maximum absolute atomic E-state index is 3.23. The summed E-state index contributed by atoms with van der Waals surface area (Å²) in [5.41, 5.74) is 0. The molecule has 1 heterocycles. The molecule has 0 bridgehead atoms. The number of hydrogen-bond acceptors (Lipinski definition) is 3. The van der Waals surface area contributed by atoms with E-state index < -0.39 is 0 Å². The van der Waals surface area contributed by atoms with Gasteiger partial charge in [-0.3, -0.25) is 9.80 Å². The molecule has 2 unspecified atom stereocenters. The average molecular weight is 213 g/mol. The molecule has 3 heteroatoms. The van der Waals surface area contributed by atoms with Crippen molar-refractivity contribution in [2.45, 2.75) is 39.3 Å². The Labute approximate surface area is 94.8 Å². The highest BCUT2D eigenvalue weighted by molar-refractivity contribution is 4.81. The molecule has 0 radical (unpaired) electrons. The van der Waals surface area contributed by atoms with Gasteiger partial charge >= 0.3 is 0 Å². The van der Waals surface area contributed by atoms with Gasteiger partial charge in [-0.1, -0.05) is 6.92 Å². The van der Waals surface area contributed by atoms with Crippen molar-refractivity contribution in [1.29, 1.82) is 0 Å². The van der Waals surface area contributed by atoms with Crippen molar-refractivity contribution in [1.82, 2.24) is 15.1 Å². The predicted octanol–water partition coefficient (Wildman–Crippen LogP) is 1.01. The number of nitrogens with zero attached hydrogens (tertiary/aromatic N) is 2. The van der Waals surface area contributed by atoms with Gasteiger partial charge < -0.3 is 5.32 Å². The van der Waals surface area contributed by atoms with Crippen LogP contribution in [0.5, 0.6) is 0 Å². The van der Waals surface area contributed by atoms with E-state index in [0.29, 0.717) is 0 Å². The minimum atomic E-state index is 0.721. The van der Waals surface area contributed by atoms with Crippen molar-refractivity contribution < 1.29 is 0 Å². The fourth-order valence-corrected chi connectivity index (χ4v) is 2.43. The Morgan fingerprint density at radius 2 is 2.13 bits per heavy atom. The summed E-state index contributed by atoms with van der Waals surface area (Å²) in [7, 11) is 2.03. The summed E-state index contributed by atoms with van der Waals surface area (Å²) < 4.78 is 0. The van der Waals surface area contributed by atoms with E-state index in [0.717, 1.165) is 18.6 Å². The monoisotopic (exact) mass is 213 g/mol. The standard InChI is InChI=1S/C12H27N3/c1-5-14-8-9-15(10-12(14)3)11(2)6-7-13-4/h11-13H,5-10H2,1-4H3. The molecule has 15 heavy (non-hydrogen) atoms. The Hall–Kier alpha value is -0.120. The highest BCUT2D eigenvalue weighted by Gasteiger charge is 2.24. The molecule has 0 saturated carbocycles. The summed E-state index contributed by atoms with van der Waals surface area (Å²) in [6.07, 6.45) is 1.26. The largest absolute Gasteiger partial charge is 0.320 e. The number of rotatable bonds is 5. The van der Waals surface area contributed by atoms with Gasteiger partial charge in [-0.05, 0) is 40.4 Å². The average Bonchev–Trinajstić information content (AvgIpc) is 2.25. The number of hydrogen-bond donors (Lipinski definition) is 1. The molecule has 1 fully saturated rings. The van der Waals surface area contributed by atoms with Gasteiger partial charge in [0.25, 0.3) is 0 Å². The first-order valence-electron chi connectivity index (χ1n) is 6.31. The Morgan fingerprint density at radius 1 is 1.40 bits per heavy atom. The zero-order valence-corrected chi connectivity index (χ0v) is 10.8. The Bertz CT molecular complexity index is 172. The van der Waals surface area contributed by atoms with Crippen molar-refractivity contribution in [3.63, 3.8) is 0 Å². The number of likely N-dealkylation sites (N-methyl/N-ethyl adjacent to an activating group) is 1. The summed E-state index contributed by atoms with van der Waals surface area (Å²) in [6, 6.07) is 1.44. The highest BCUT2D eigenvalue weighted by Crippen LogP contribution is 2.13. The minimum Gasteiger partial charge on any atom is -0.320 e. The van der Waals surface area contributed by atoms with Gasteiger partial charge in [0.2, 0.25) is 0 Å². The molecule has 1 aliphatic rings. The van der Waals surface area contributed by atoms with Crippen LogP contribution in [-0.4, -0.2) is 61.7 Å². The second kappa shape index (κ2) is 6.46. The zero-order valence-electron chi connectivity index (χ0n) is 10.8. The Kier molecular flexibility index (Phi) is 5.58. The second-order valence-electron chi connectivity index (χ2n) is 4.71. The Morgan fingerprint density at radius 3 is 2.67 bits per heavy atom. The van der Waals surface area contributed by atoms with Gasteiger partial charge in [-0.25, -0.2) is 0 Å². The SMILES string of the molecule is CCN1CCN(C(C)CCNC)CC1C. The molecule has 0 aliphatic carbocycles. The van der Waals surface area contributed by atoms with Gasteiger partial charge in [0.15, 0.2) is 0 Å². The molecule has 1 rings (SSSR count). The van der Waals surface area contributed by atoms with E-state index in [2.05, 4.69) is 35.9 Å². The molecule has 2 atom stereocenters. The lowest BCUT2D eigenvalue weighted by molar-refractivity contribution is 0.0615. The van der Waals surface area contributed by atoms with Crippen LogP contribution < -0.4 is 5.32 Å². The van der Waals surface area contributed by atoms with Crippen LogP contribution in [0.1, 0.15) is 27.2 Å². The van der Waals surface area contributed by atoms with Gasteiger partial charge in [0, 0.05) is 31.7 Å². The van der Waals surface area contributed by atoms with Crippen molar-refractivity contribution in [3.05, 3.63) is 0 Å². The fraction of sp³-hybridized carbons (Fsp3) is 1.00. The Balaban J connectivity index is 2.33. The molecule has 0 amide bonds. The fourth-order valence-electron chi connectivity index (χ4n) is 2.43. The summed E-state index contributed by atoms with van der Waals surface area (Å²) in [5.74, 6) is 0. The summed E-state index contributed by atoms with van der Waals surface area (Å²) in [6.45, 7) is 13.0. The van der Waals surface area contributed by atoms with Gasteiger partial charge in [-0.15, -0.1) is 0 Å². The van der Waals surface area contributed by atoms with Crippen LogP contribution in [0.3, 0.4) is 0 Å². The smallest absolute Gasteiger partial charge is 0.0195 e. The molecule has 90 valence electrons. The normalized spacial score (nSPS) is 26.8. The third kappa shape index (κ3) is 3.74. The summed E-state index contributed by atoms with van der Waals surface area (Å²) >= 11 is 0. The van der Waals surface area contributed by atoms with Crippen molar-refractivity contribution >= 4 is 0 Å². The van der Waals surface area contributed by atoms with Crippen LogP contribution in [0.4, 0.5) is 0 Å². The van der Waals surface area contributed by atoms with Crippen LogP contribution in [0.15, 0.2) is 0 Å². The third-order valence-corrected chi connectivity index (χ3v) is 3.64. The number of nitrogens with one attached hydrogen (secondary N) is 1. The first kappa shape index (κ1) is 12.9. The van der Waals surface area contributed by atoms with E-state index in [4.69, 9.17) is 0 Å².